The quantitative estimate of drug-likeness (QED) is 0.849. The van der Waals surface area contributed by atoms with Crippen LogP contribution in [0.4, 0.5) is 0 Å². The minimum atomic E-state index is -1.06. The Balaban J connectivity index is 3.45. The summed E-state index contributed by atoms with van der Waals surface area (Å²) in [4.78, 5) is 4.40. The zero-order valence-corrected chi connectivity index (χ0v) is 12.3. The van der Waals surface area contributed by atoms with Gasteiger partial charge in [-0.1, -0.05) is 47.6 Å². The van der Waals surface area contributed by atoms with Gasteiger partial charge in [0.1, 0.15) is 5.60 Å². The summed E-state index contributed by atoms with van der Waals surface area (Å²) >= 11 is 0. The van der Waals surface area contributed by atoms with Crippen molar-refractivity contribution in [3.05, 3.63) is 29.6 Å². The van der Waals surface area contributed by atoms with E-state index in [0.717, 1.165) is 0 Å². The molecule has 3 heteroatoms. The Bertz CT molecular complexity index is 399. The summed E-state index contributed by atoms with van der Waals surface area (Å²) in [6, 6.07) is 5.42. The largest absolute Gasteiger partial charge is 0.390 e. The van der Waals surface area contributed by atoms with E-state index in [9.17, 15) is 10.2 Å². The maximum absolute atomic E-state index is 11.2. The minimum absolute atomic E-state index is 0.113. The summed E-state index contributed by atoms with van der Waals surface area (Å²) in [5.74, 6) is 0. The molecule has 0 aromatic carbocycles. The molecule has 1 aromatic heterocycles. The van der Waals surface area contributed by atoms with Crippen molar-refractivity contribution in [3.63, 3.8) is 0 Å². The van der Waals surface area contributed by atoms with Gasteiger partial charge in [-0.3, -0.25) is 4.98 Å². The van der Waals surface area contributed by atoms with Crippen LogP contribution in [0.5, 0.6) is 0 Å². The van der Waals surface area contributed by atoms with E-state index in [2.05, 4.69) is 4.98 Å². The molecule has 0 saturated carbocycles. The molecule has 1 aromatic rings. The third-order valence-electron chi connectivity index (χ3n) is 3.51. The lowest BCUT2D eigenvalue weighted by Gasteiger charge is -2.49. The van der Waals surface area contributed by atoms with Crippen LogP contribution in [-0.2, 0) is 12.2 Å². The number of aromatic nitrogens is 1. The fourth-order valence-electron chi connectivity index (χ4n) is 2.66. The van der Waals surface area contributed by atoms with E-state index in [0.29, 0.717) is 11.4 Å². The van der Waals surface area contributed by atoms with E-state index in [1.54, 1.807) is 6.07 Å². The highest BCUT2D eigenvalue weighted by atomic mass is 16.3. The predicted octanol–water partition coefficient (Wildman–Crippen LogP) is 2.85. The average molecular weight is 251 g/mol. The van der Waals surface area contributed by atoms with E-state index >= 15 is 0 Å². The van der Waals surface area contributed by atoms with Crippen LogP contribution in [0.25, 0.3) is 0 Å². The Labute approximate surface area is 110 Å². The number of hydrogen-bond donors (Lipinski definition) is 2. The molecule has 1 heterocycles. The van der Waals surface area contributed by atoms with Crippen molar-refractivity contribution in [2.75, 3.05) is 0 Å². The molecule has 102 valence electrons. The summed E-state index contributed by atoms with van der Waals surface area (Å²) in [6.07, 6.45) is 0. The van der Waals surface area contributed by atoms with E-state index in [1.165, 1.54) is 0 Å². The monoisotopic (exact) mass is 251 g/mol. The van der Waals surface area contributed by atoms with Crippen LogP contribution in [0.3, 0.4) is 0 Å². The topological polar surface area (TPSA) is 53.4 Å². The van der Waals surface area contributed by atoms with Gasteiger partial charge in [0.15, 0.2) is 0 Å². The second-order valence-corrected chi connectivity index (χ2v) is 6.88. The lowest BCUT2D eigenvalue weighted by molar-refractivity contribution is -0.148. The first kappa shape index (κ1) is 15.1. The molecule has 0 amide bonds. The lowest BCUT2D eigenvalue weighted by Crippen LogP contribution is -2.50. The first-order valence-corrected chi connectivity index (χ1v) is 6.33. The Morgan fingerprint density at radius 1 is 1.00 bits per heavy atom. The summed E-state index contributed by atoms with van der Waals surface area (Å²) in [7, 11) is 0. The molecule has 0 radical (unpaired) electrons. The van der Waals surface area contributed by atoms with Gasteiger partial charge in [-0.15, -0.1) is 0 Å². The molecule has 0 saturated heterocycles. The van der Waals surface area contributed by atoms with E-state index in [-0.39, 0.29) is 17.4 Å². The molecule has 0 aliphatic rings. The third-order valence-corrected chi connectivity index (χ3v) is 3.51. The van der Waals surface area contributed by atoms with E-state index in [4.69, 9.17) is 0 Å². The highest BCUT2D eigenvalue weighted by molar-refractivity contribution is 5.22. The number of aliphatic hydroxyl groups excluding tert-OH is 1. The first-order valence-electron chi connectivity index (χ1n) is 6.33. The van der Waals surface area contributed by atoms with E-state index in [1.807, 2.05) is 53.7 Å². The molecule has 0 atom stereocenters. The number of hydrogen-bond acceptors (Lipinski definition) is 3. The normalized spacial score (nSPS) is 13.8. The summed E-state index contributed by atoms with van der Waals surface area (Å²) in [6.45, 7) is 11.9. The fraction of sp³-hybridized carbons (Fsp3) is 0.667. The van der Waals surface area contributed by atoms with Crippen LogP contribution in [0.15, 0.2) is 18.2 Å². The van der Waals surface area contributed by atoms with Crippen LogP contribution in [-0.4, -0.2) is 15.2 Å². The molecule has 0 unspecified atom stereocenters. The van der Waals surface area contributed by atoms with Gasteiger partial charge in [0.05, 0.1) is 18.0 Å². The zero-order valence-electron chi connectivity index (χ0n) is 12.3. The lowest BCUT2D eigenvalue weighted by atomic mass is 9.61. The standard InChI is InChI=1S/C15H25NO2/c1-13(2,3)15(18,14(4,5)6)12-9-7-8-11(10-17)16-12/h7-9,17-18H,10H2,1-6H3. The van der Waals surface area contributed by atoms with Crippen LogP contribution in [0.2, 0.25) is 0 Å². The van der Waals surface area contributed by atoms with Gasteiger partial charge < -0.3 is 10.2 Å². The van der Waals surface area contributed by atoms with Gasteiger partial charge in [-0.2, -0.15) is 0 Å². The molecule has 0 spiro atoms. The maximum atomic E-state index is 11.2. The number of nitrogens with zero attached hydrogens (tertiary/aromatic N) is 1. The molecule has 2 N–H and O–H groups in total. The minimum Gasteiger partial charge on any atom is -0.390 e. The number of aliphatic hydroxyl groups is 2. The molecule has 0 fully saturated rings. The third kappa shape index (κ3) is 2.43. The highest BCUT2D eigenvalue weighted by Gasteiger charge is 2.51. The van der Waals surface area contributed by atoms with Gasteiger partial charge in [0.2, 0.25) is 0 Å². The van der Waals surface area contributed by atoms with Crippen molar-refractivity contribution in [3.8, 4) is 0 Å². The summed E-state index contributed by atoms with van der Waals surface area (Å²) in [5.41, 5.74) is -0.572. The zero-order chi connectivity index (χ0) is 14.2. The van der Waals surface area contributed by atoms with Crippen LogP contribution < -0.4 is 0 Å². The molecular formula is C15H25NO2. The smallest absolute Gasteiger partial charge is 0.116 e. The molecule has 3 nitrogen and oxygen atoms in total. The maximum Gasteiger partial charge on any atom is 0.116 e. The number of rotatable bonds is 2. The fourth-order valence-corrected chi connectivity index (χ4v) is 2.66. The SMILES string of the molecule is CC(C)(C)C(O)(c1cccc(CO)n1)C(C)(C)C. The second-order valence-electron chi connectivity index (χ2n) is 6.88. The molecule has 18 heavy (non-hydrogen) atoms. The number of pyridine rings is 1. The van der Waals surface area contributed by atoms with Crippen molar-refractivity contribution in [2.24, 2.45) is 10.8 Å². The Kier molecular flexibility index (Phi) is 3.89. The average Bonchev–Trinajstić information content (AvgIpc) is 2.25. The van der Waals surface area contributed by atoms with Crippen LogP contribution in [0.1, 0.15) is 52.9 Å². The van der Waals surface area contributed by atoms with Crippen LogP contribution >= 0.6 is 0 Å². The summed E-state index contributed by atoms with van der Waals surface area (Å²) in [5, 5.41) is 20.4. The molecule has 0 aliphatic heterocycles. The van der Waals surface area contributed by atoms with Gasteiger partial charge in [0.25, 0.3) is 0 Å². The van der Waals surface area contributed by atoms with Crippen molar-refractivity contribution in [1.29, 1.82) is 0 Å². The molecule has 1 rings (SSSR count). The highest BCUT2D eigenvalue weighted by Crippen LogP contribution is 2.50. The summed E-state index contributed by atoms with van der Waals surface area (Å²) < 4.78 is 0. The Hall–Kier alpha value is -0.930. The van der Waals surface area contributed by atoms with Gasteiger partial charge >= 0.3 is 0 Å². The van der Waals surface area contributed by atoms with Gasteiger partial charge in [-0.05, 0) is 23.0 Å². The first-order chi connectivity index (χ1) is 8.04. The Morgan fingerprint density at radius 2 is 1.50 bits per heavy atom. The van der Waals surface area contributed by atoms with Crippen LogP contribution in [0, 0.1) is 10.8 Å². The van der Waals surface area contributed by atoms with Crippen molar-refractivity contribution >= 4 is 0 Å². The Morgan fingerprint density at radius 3 is 1.89 bits per heavy atom. The van der Waals surface area contributed by atoms with Crippen molar-refractivity contribution < 1.29 is 10.2 Å². The second kappa shape index (κ2) is 4.63. The van der Waals surface area contributed by atoms with Gasteiger partial charge in [0, 0.05) is 0 Å². The van der Waals surface area contributed by atoms with Gasteiger partial charge in [-0.25, -0.2) is 0 Å². The van der Waals surface area contributed by atoms with Crippen molar-refractivity contribution in [2.45, 2.75) is 53.8 Å². The molecule has 0 aliphatic carbocycles. The van der Waals surface area contributed by atoms with Crippen molar-refractivity contribution in [1.82, 2.24) is 4.98 Å². The van der Waals surface area contributed by atoms with E-state index < -0.39 is 5.60 Å². The molecule has 0 bridgehead atoms. The molecular weight excluding hydrogens is 226 g/mol. The predicted molar refractivity (Wildman–Crippen MR) is 73.0 cm³/mol.